The van der Waals surface area contributed by atoms with Gasteiger partial charge in [-0.15, -0.1) is 0 Å². The summed E-state index contributed by atoms with van der Waals surface area (Å²) in [5.74, 6) is -0.0176. The molecule has 0 spiro atoms. The van der Waals surface area contributed by atoms with E-state index in [0.717, 1.165) is 18.2 Å². The summed E-state index contributed by atoms with van der Waals surface area (Å²) in [6.07, 6.45) is 0.566. The summed E-state index contributed by atoms with van der Waals surface area (Å²) in [6.45, 7) is 1.85. The molecule has 0 aliphatic rings. The summed E-state index contributed by atoms with van der Waals surface area (Å²) >= 11 is 0. The molecule has 2 rings (SSSR count). The van der Waals surface area contributed by atoms with Crippen molar-refractivity contribution in [3.05, 3.63) is 47.7 Å². The average molecular weight is 237 g/mol. The Morgan fingerprint density at radius 3 is 2.71 bits per heavy atom. The largest absolute Gasteiger partial charge is 0.461 e. The Kier molecular flexibility index (Phi) is 3.24. The highest BCUT2D eigenvalue weighted by Gasteiger charge is 2.11. The lowest BCUT2D eigenvalue weighted by atomic mass is 10.1. The number of nitrogens with two attached hydrogens (primary N) is 1. The van der Waals surface area contributed by atoms with Crippen molar-refractivity contribution in [2.24, 2.45) is 5.73 Å². The number of rotatable bonds is 3. The summed E-state index contributed by atoms with van der Waals surface area (Å²) in [4.78, 5) is 0. The number of hydrogen-bond donors (Lipinski definition) is 1. The fraction of sp³-hybridized carbons (Fsp3) is 0.231. The molecule has 1 heterocycles. The highest BCUT2D eigenvalue weighted by atomic mass is 19.1. The van der Waals surface area contributed by atoms with Crippen molar-refractivity contribution < 1.29 is 13.2 Å². The fourth-order valence-electron chi connectivity index (χ4n) is 1.64. The van der Waals surface area contributed by atoms with Crippen molar-refractivity contribution in [3.8, 4) is 11.3 Å². The van der Waals surface area contributed by atoms with Crippen molar-refractivity contribution in [3.63, 3.8) is 0 Å². The van der Waals surface area contributed by atoms with Crippen LogP contribution in [0.5, 0.6) is 0 Å². The van der Waals surface area contributed by atoms with Gasteiger partial charge in [-0.3, -0.25) is 0 Å². The van der Waals surface area contributed by atoms with Crippen LogP contribution in [0.4, 0.5) is 8.78 Å². The van der Waals surface area contributed by atoms with Crippen LogP contribution >= 0.6 is 0 Å². The Balaban J connectivity index is 2.33. The van der Waals surface area contributed by atoms with Crippen molar-refractivity contribution in [1.29, 1.82) is 0 Å². The molecule has 0 saturated heterocycles. The molecule has 0 amide bonds. The number of benzene rings is 1. The predicted molar refractivity (Wildman–Crippen MR) is 61.4 cm³/mol. The number of furan rings is 1. The maximum absolute atomic E-state index is 13.5. The van der Waals surface area contributed by atoms with Crippen LogP contribution in [0.3, 0.4) is 0 Å². The van der Waals surface area contributed by atoms with Crippen LogP contribution in [-0.4, -0.2) is 6.04 Å². The van der Waals surface area contributed by atoms with E-state index in [9.17, 15) is 8.78 Å². The van der Waals surface area contributed by atoms with Gasteiger partial charge in [0.05, 0.1) is 5.56 Å². The van der Waals surface area contributed by atoms with E-state index in [-0.39, 0.29) is 11.6 Å². The maximum atomic E-state index is 13.5. The van der Waals surface area contributed by atoms with E-state index in [0.29, 0.717) is 17.9 Å². The lowest BCUT2D eigenvalue weighted by molar-refractivity contribution is 0.498. The standard InChI is InChI=1S/C13H13F2NO/c1-8(16)6-10-3-5-13(17-10)11-7-9(14)2-4-12(11)15/h2-5,7-8H,6,16H2,1H3. The normalized spacial score (nSPS) is 12.7. The van der Waals surface area contributed by atoms with Crippen LogP contribution in [-0.2, 0) is 6.42 Å². The summed E-state index contributed by atoms with van der Waals surface area (Å²) in [7, 11) is 0. The molecule has 17 heavy (non-hydrogen) atoms. The fourth-order valence-corrected chi connectivity index (χ4v) is 1.64. The molecule has 1 aromatic carbocycles. The molecule has 4 heteroatoms. The Labute approximate surface area is 98.0 Å². The molecule has 0 aliphatic carbocycles. The maximum Gasteiger partial charge on any atom is 0.137 e. The Hall–Kier alpha value is -1.68. The molecule has 1 unspecified atom stereocenters. The van der Waals surface area contributed by atoms with Gasteiger partial charge in [0.1, 0.15) is 23.2 Å². The van der Waals surface area contributed by atoms with Gasteiger partial charge in [0.15, 0.2) is 0 Å². The molecule has 2 nitrogen and oxygen atoms in total. The van der Waals surface area contributed by atoms with E-state index >= 15 is 0 Å². The van der Waals surface area contributed by atoms with Gasteiger partial charge in [-0.1, -0.05) is 0 Å². The smallest absolute Gasteiger partial charge is 0.137 e. The van der Waals surface area contributed by atoms with Crippen molar-refractivity contribution in [1.82, 2.24) is 0 Å². The van der Waals surface area contributed by atoms with Gasteiger partial charge in [-0.25, -0.2) is 8.78 Å². The first kappa shape index (κ1) is 11.8. The van der Waals surface area contributed by atoms with Crippen LogP contribution < -0.4 is 5.73 Å². The quantitative estimate of drug-likeness (QED) is 0.890. The first-order valence-corrected chi connectivity index (χ1v) is 5.36. The highest BCUT2D eigenvalue weighted by Crippen LogP contribution is 2.26. The van der Waals surface area contributed by atoms with Crippen LogP contribution in [0.15, 0.2) is 34.7 Å². The van der Waals surface area contributed by atoms with E-state index in [1.807, 2.05) is 6.92 Å². The Morgan fingerprint density at radius 2 is 2.00 bits per heavy atom. The second-order valence-corrected chi connectivity index (χ2v) is 4.07. The lowest BCUT2D eigenvalue weighted by Gasteiger charge is -2.02. The van der Waals surface area contributed by atoms with Crippen molar-refractivity contribution >= 4 is 0 Å². The molecule has 1 atom stereocenters. The van der Waals surface area contributed by atoms with Gasteiger partial charge in [0.25, 0.3) is 0 Å². The summed E-state index contributed by atoms with van der Waals surface area (Å²) in [5, 5.41) is 0. The van der Waals surface area contributed by atoms with E-state index in [2.05, 4.69) is 0 Å². The second kappa shape index (κ2) is 4.67. The minimum absolute atomic E-state index is 0.0358. The van der Waals surface area contributed by atoms with Crippen LogP contribution in [0.25, 0.3) is 11.3 Å². The summed E-state index contributed by atoms with van der Waals surface area (Å²) in [6, 6.07) is 6.58. The first-order chi connectivity index (χ1) is 8.06. The minimum atomic E-state index is -0.506. The first-order valence-electron chi connectivity index (χ1n) is 5.36. The summed E-state index contributed by atoms with van der Waals surface area (Å²) in [5.41, 5.74) is 5.76. The zero-order valence-electron chi connectivity index (χ0n) is 9.41. The van der Waals surface area contributed by atoms with Gasteiger partial charge < -0.3 is 10.2 Å². The zero-order valence-corrected chi connectivity index (χ0v) is 9.41. The van der Waals surface area contributed by atoms with Crippen molar-refractivity contribution in [2.75, 3.05) is 0 Å². The van der Waals surface area contributed by atoms with Gasteiger partial charge in [-0.05, 0) is 37.3 Å². The predicted octanol–water partition coefficient (Wildman–Crippen LogP) is 3.11. The lowest BCUT2D eigenvalue weighted by Crippen LogP contribution is -2.17. The third-order valence-corrected chi connectivity index (χ3v) is 2.38. The molecular weight excluding hydrogens is 224 g/mol. The Morgan fingerprint density at radius 1 is 1.24 bits per heavy atom. The van der Waals surface area contributed by atoms with Gasteiger partial charge in [-0.2, -0.15) is 0 Å². The van der Waals surface area contributed by atoms with Gasteiger partial charge in [0, 0.05) is 12.5 Å². The molecule has 1 aromatic heterocycles. The molecule has 0 fully saturated rings. The third kappa shape index (κ3) is 2.71. The highest BCUT2D eigenvalue weighted by molar-refractivity contribution is 5.58. The van der Waals surface area contributed by atoms with E-state index in [1.54, 1.807) is 12.1 Å². The molecule has 0 radical (unpaired) electrons. The monoisotopic (exact) mass is 237 g/mol. The van der Waals surface area contributed by atoms with Gasteiger partial charge >= 0.3 is 0 Å². The van der Waals surface area contributed by atoms with E-state index in [1.165, 1.54) is 0 Å². The molecule has 2 aromatic rings. The minimum Gasteiger partial charge on any atom is -0.461 e. The summed E-state index contributed by atoms with van der Waals surface area (Å²) < 4.78 is 31.9. The third-order valence-electron chi connectivity index (χ3n) is 2.38. The number of halogens is 2. The topological polar surface area (TPSA) is 39.2 Å². The molecule has 2 N–H and O–H groups in total. The zero-order chi connectivity index (χ0) is 12.4. The Bertz CT molecular complexity index is 520. The van der Waals surface area contributed by atoms with E-state index in [4.69, 9.17) is 10.2 Å². The number of hydrogen-bond acceptors (Lipinski definition) is 2. The average Bonchev–Trinajstić information content (AvgIpc) is 2.69. The SMILES string of the molecule is CC(N)Cc1ccc(-c2cc(F)ccc2F)o1. The molecule has 0 saturated carbocycles. The van der Waals surface area contributed by atoms with Crippen LogP contribution in [0, 0.1) is 11.6 Å². The molecule has 0 bridgehead atoms. The molecule has 0 aliphatic heterocycles. The van der Waals surface area contributed by atoms with Gasteiger partial charge in [0.2, 0.25) is 0 Å². The van der Waals surface area contributed by atoms with Crippen molar-refractivity contribution in [2.45, 2.75) is 19.4 Å². The molecular formula is C13H13F2NO. The van der Waals surface area contributed by atoms with E-state index < -0.39 is 11.6 Å². The second-order valence-electron chi connectivity index (χ2n) is 4.07. The van der Waals surface area contributed by atoms with Crippen LogP contribution in [0.2, 0.25) is 0 Å². The van der Waals surface area contributed by atoms with Crippen LogP contribution in [0.1, 0.15) is 12.7 Å². The molecule has 90 valence electrons.